The lowest BCUT2D eigenvalue weighted by molar-refractivity contribution is -0.387. The van der Waals surface area contributed by atoms with Gasteiger partial charge in [-0.3, -0.25) is 14.9 Å². The Kier molecular flexibility index (Phi) is 4.10. The van der Waals surface area contributed by atoms with Crippen molar-refractivity contribution < 1.29 is 14.1 Å². The maximum Gasteiger partial charge on any atom is 0.306 e. The number of anilines is 1. The number of hydrogen-bond acceptors (Lipinski definition) is 3. The predicted octanol–water partition coefficient (Wildman–Crippen LogP) is 2.41. The lowest BCUT2D eigenvalue weighted by atomic mass is 10.2. The Labute approximate surface area is 96.4 Å². The van der Waals surface area contributed by atoms with Crippen molar-refractivity contribution in [3.8, 4) is 0 Å². The van der Waals surface area contributed by atoms with Crippen molar-refractivity contribution in [1.82, 2.24) is 0 Å². The molecular formula is C11H9FN2O3. The van der Waals surface area contributed by atoms with Gasteiger partial charge in [0.25, 0.3) is 0 Å². The number of carbonyl (C=O) groups is 1. The molecule has 17 heavy (non-hydrogen) atoms. The summed E-state index contributed by atoms with van der Waals surface area (Å²) in [6, 6.07) is 3.11. The van der Waals surface area contributed by atoms with Crippen LogP contribution in [0.25, 0.3) is 0 Å². The van der Waals surface area contributed by atoms with Gasteiger partial charge in [0.15, 0.2) is 0 Å². The van der Waals surface area contributed by atoms with Crippen molar-refractivity contribution in [3.63, 3.8) is 0 Å². The lowest BCUT2D eigenvalue weighted by Gasteiger charge is -2.02. The van der Waals surface area contributed by atoms with Crippen LogP contribution in [-0.4, -0.2) is 10.8 Å². The minimum Gasteiger partial charge on any atom is -0.322 e. The maximum absolute atomic E-state index is 13.0. The molecule has 0 spiro atoms. The quantitative estimate of drug-likeness (QED) is 0.377. The molecule has 0 fully saturated rings. The van der Waals surface area contributed by atoms with Crippen LogP contribution in [-0.2, 0) is 4.79 Å². The first-order valence-electron chi connectivity index (χ1n) is 4.58. The van der Waals surface area contributed by atoms with E-state index in [1.807, 2.05) is 0 Å². The third-order valence-corrected chi connectivity index (χ3v) is 1.79. The Morgan fingerprint density at radius 3 is 2.82 bits per heavy atom. The number of benzene rings is 1. The van der Waals surface area contributed by atoms with Gasteiger partial charge in [0.2, 0.25) is 11.7 Å². The van der Waals surface area contributed by atoms with Gasteiger partial charge in [-0.25, -0.2) is 0 Å². The molecule has 1 N–H and O–H groups in total. The molecule has 6 heteroatoms. The zero-order valence-electron chi connectivity index (χ0n) is 8.72. The van der Waals surface area contributed by atoms with Crippen molar-refractivity contribution in [2.75, 3.05) is 5.32 Å². The zero-order chi connectivity index (χ0) is 12.8. The average Bonchev–Trinajstić information content (AvgIpc) is 2.28. The summed E-state index contributed by atoms with van der Waals surface area (Å²) < 4.78 is 13.0. The largest absolute Gasteiger partial charge is 0.322 e. The molecular weight excluding hydrogens is 227 g/mol. The van der Waals surface area contributed by atoms with Crippen LogP contribution in [0.3, 0.4) is 0 Å². The second-order valence-corrected chi connectivity index (χ2v) is 3.01. The highest BCUT2D eigenvalue weighted by Crippen LogP contribution is 2.21. The van der Waals surface area contributed by atoms with E-state index in [0.717, 1.165) is 12.1 Å². The van der Waals surface area contributed by atoms with Gasteiger partial charge in [-0.2, -0.15) is 4.39 Å². The van der Waals surface area contributed by atoms with Crippen molar-refractivity contribution in [2.24, 2.45) is 0 Å². The zero-order valence-corrected chi connectivity index (χ0v) is 8.72. The number of nitro benzene ring substituents is 1. The number of halogens is 1. The van der Waals surface area contributed by atoms with Crippen molar-refractivity contribution in [3.05, 3.63) is 58.9 Å². The summed E-state index contributed by atoms with van der Waals surface area (Å²) in [5.41, 5.74) is -0.535. The highest BCUT2D eigenvalue weighted by atomic mass is 19.1. The second kappa shape index (κ2) is 5.55. The van der Waals surface area contributed by atoms with Gasteiger partial charge in [0.05, 0.1) is 4.92 Å². The highest BCUT2D eigenvalue weighted by molar-refractivity contribution is 5.99. The number of nitrogens with zero attached hydrogens (tertiary/aromatic N) is 1. The average molecular weight is 236 g/mol. The number of amides is 1. The first-order chi connectivity index (χ1) is 8.04. The Balaban J connectivity index is 2.89. The van der Waals surface area contributed by atoms with Crippen LogP contribution in [0.15, 0.2) is 43.0 Å². The third-order valence-electron chi connectivity index (χ3n) is 1.79. The standard InChI is InChI=1S/C11H9FN2O3/c1-2-3-4-11(15)13-8-5-6-9(12)10(7-8)14(16)17/h2-7H,1H2,(H,13,15)/b4-3+. The fourth-order valence-corrected chi connectivity index (χ4v) is 1.07. The van der Waals surface area contributed by atoms with Gasteiger partial charge < -0.3 is 5.32 Å². The van der Waals surface area contributed by atoms with Crippen LogP contribution in [0.5, 0.6) is 0 Å². The van der Waals surface area contributed by atoms with Crippen LogP contribution in [0.4, 0.5) is 15.8 Å². The number of nitro groups is 1. The number of allylic oxidation sites excluding steroid dienone is 2. The maximum atomic E-state index is 13.0. The summed E-state index contributed by atoms with van der Waals surface area (Å²) in [5, 5.41) is 12.8. The lowest BCUT2D eigenvalue weighted by Crippen LogP contribution is -2.08. The SMILES string of the molecule is C=C/C=C/C(=O)Nc1ccc(F)c([N+](=O)[O-])c1. The summed E-state index contributed by atoms with van der Waals surface area (Å²) in [7, 11) is 0. The van der Waals surface area contributed by atoms with E-state index in [-0.39, 0.29) is 5.69 Å². The van der Waals surface area contributed by atoms with Crippen LogP contribution < -0.4 is 5.32 Å². The summed E-state index contributed by atoms with van der Waals surface area (Å²) in [6.07, 6.45) is 4.02. The molecule has 1 aromatic carbocycles. The van der Waals surface area contributed by atoms with E-state index >= 15 is 0 Å². The molecule has 1 aromatic rings. The number of carbonyl (C=O) groups excluding carboxylic acids is 1. The smallest absolute Gasteiger partial charge is 0.306 e. The van der Waals surface area contributed by atoms with Gasteiger partial charge in [-0.05, 0) is 12.1 Å². The molecule has 0 aliphatic carbocycles. The van der Waals surface area contributed by atoms with Gasteiger partial charge in [0.1, 0.15) is 0 Å². The molecule has 0 atom stereocenters. The Hall–Kier alpha value is -2.50. The first kappa shape index (κ1) is 12.6. The summed E-state index contributed by atoms with van der Waals surface area (Å²) >= 11 is 0. The third kappa shape index (κ3) is 3.53. The number of rotatable bonds is 4. The molecule has 1 amide bonds. The van der Waals surface area contributed by atoms with Gasteiger partial charge >= 0.3 is 5.69 Å². The highest BCUT2D eigenvalue weighted by Gasteiger charge is 2.14. The first-order valence-corrected chi connectivity index (χ1v) is 4.58. The fourth-order valence-electron chi connectivity index (χ4n) is 1.07. The van der Waals surface area contributed by atoms with Crippen LogP contribution in [0.2, 0.25) is 0 Å². The summed E-state index contributed by atoms with van der Waals surface area (Å²) in [5.74, 6) is -1.43. The minimum absolute atomic E-state index is 0.150. The van der Waals surface area contributed by atoms with E-state index in [1.54, 1.807) is 0 Å². The normalized spacial score (nSPS) is 10.2. The van der Waals surface area contributed by atoms with Crippen LogP contribution >= 0.6 is 0 Å². The molecule has 0 saturated carbocycles. The van der Waals surface area contributed by atoms with E-state index < -0.39 is 22.3 Å². The van der Waals surface area contributed by atoms with Gasteiger partial charge in [-0.15, -0.1) is 0 Å². The molecule has 0 heterocycles. The summed E-state index contributed by atoms with van der Waals surface area (Å²) in [6.45, 7) is 3.38. The molecule has 0 aromatic heterocycles. The van der Waals surface area contributed by atoms with E-state index in [0.29, 0.717) is 0 Å². The van der Waals surface area contributed by atoms with E-state index in [4.69, 9.17) is 0 Å². The molecule has 0 saturated heterocycles. The topological polar surface area (TPSA) is 72.2 Å². The Morgan fingerprint density at radius 2 is 2.24 bits per heavy atom. The molecule has 1 rings (SSSR count). The minimum atomic E-state index is -0.949. The Bertz CT molecular complexity index is 497. The molecule has 0 bridgehead atoms. The fraction of sp³-hybridized carbons (Fsp3) is 0. The molecule has 88 valence electrons. The van der Waals surface area contributed by atoms with E-state index in [9.17, 15) is 19.3 Å². The van der Waals surface area contributed by atoms with Gasteiger partial charge in [0, 0.05) is 17.8 Å². The van der Waals surface area contributed by atoms with Gasteiger partial charge in [-0.1, -0.05) is 18.7 Å². The molecule has 0 radical (unpaired) electrons. The Morgan fingerprint density at radius 1 is 1.53 bits per heavy atom. The molecule has 0 aliphatic heterocycles. The monoisotopic (exact) mass is 236 g/mol. The van der Waals surface area contributed by atoms with Crippen molar-refractivity contribution >= 4 is 17.3 Å². The second-order valence-electron chi connectivity index (χ2n) is 3.01. The predicted molar refractivity (Wildman–Crippen MR) is 61.0 cm³/mol. The van der Waals surface area contributed by atoms with E-state index in [1.165, 1.54) is 24.3 Å². The molecule has 0 unspecified atom stereocenters. The summed E-state index contributed by atoms with van der Waals surface area (Å²) in [4.78, 5) is 20.8. The van der Waals surface area contributed by atoms with E-state index in [2.05, 4.69) is 11.9 Å². The molecule has 0 aliphatic rings. The molecule has 5 nitrogen and oxygen atoms in total. The van der Waals surface area contributed by atoms with Crippen LogP contribution in [0, 0.1) is 15.9 Å². The van der Waals surface area contributed by atoms with Crippen molar-refractivity contribution in [2.45, 2.75) is 0 Å². The number of nitrogens with one attached hydrogen (secondary N) is 1. The number of hydrogen-bond donors (Lipinski definition) is 1. The van der Waals surface area contributed by atoms with Crippen LogP contribution in [0.1, 0.15) is 0 Å². The van der Waals surface area contributed by atoms with Crippen molar-refractivity contribution in [1.29, 1.82) is 0 Å².